The Bertz CT molecular complexity index is 1330. The van der Waals surface area contributed by atoms with Crippen LogP contribution in [-0.2, 0) is 18.9 Å². The van der Waals surface area contributed by atoms with Crippen molar-refractivity contribution in [2.24, 2.45) is 0 Å². The van der Waals surface area contributed by atoms with Gasteiger partial charge in [0.15, 0.2) is 12.6 Å². The number of nitrogens with zero attached hydrogens (tertiary/aromatic N) is 1. The molecule has 0 N–H and O–H groups in total. The SMILES string of the molecule is O=[N+]([O-])c1cc(C#Cc2ccc(C3OCCO3)cc2)ccc1C#Cc1ccc(C2OCCO2)cc1. The number of nitro groups is 1. The molecule has 35 heavy (non-hydrogen) atoms. The van der Waals surface area contributed by atoms with E-state index in [1.165, 1.54) is 6.07 Å². The zero-order valence-electron chi connectivity index (χ0n) is 18.7. The summed E-state index contributed by atoms with van der Waals surface area (Å²) in [5.41, 5.74) is 4.15. The van der Waals surface area contributed by atoms with Crippen molar-refractivity contribution in [1.29, 1.82) is 0 Å². The molecule has 0 amide bonds. The first-order valence-electron chi connectivity index (χ1n) is 11.1. The molecular formula is C28H21NO6. The second kappa shape index (κ2) is 10.5. The molecule has 0 bridgehead atoms. The van der Waals surface area contributed by atoms with Crippen molar-refractivity contribution in [3.05, 3.63) is 110 Å². The van der Waals surface area contributed by atoms with Gasteiger partial charge in [0.05, 0.1) is 31.4 Å². The maximum atomic E-state index is 11.7. The summed E-state index contributed by atoms with van der Waals surface area (Å²) in [7, 11) is 0. The van der Waals surface area contributed by atoms with E-state index in [4.69, 9.17) is 18.9 Å². The third-order valence-electron chi connectivity index (χ3n) is 5.50. The van der Waals surface area contributed by atoms with Crippen LogP contribution in [0.15, 0.2) is 66.7 Å². The Morgan fingerprint density at radius 1 is 0.629 bits per heavy atom. The summed E-state index contributed by atoms with van der Waals surface area (Å²) in [5.74, 6) is 11.9. The molecule has 2 heterocycles. The Hall–Kier alpha value is -3.98. The fourth-order valence-corrected chi connectivity index (χ4v) is 3.70. The fraction of sp³-hybridized carbons (Fsp3) is 0.214. The normalized spacial score (nSPS) is 15.8. The van der Waals surface area contributed by atoms with Crippen LogP contribution in [0.3, 0.4) is 0 Å². The number of hydrogen-bond donors (Lipinski definition) is 0. The average molecular weight is 467 g/mol. The first kappa shape index (κ1) is 22.8. The standard InChI is InChI=1S/C28H21NO6/c30-29(31)26-19-22(2-1-20-4-11-24(12-5-20)27-32-15-16-33-27)8-10-23(26)9-3-21-6-13-25(14-7-21)28-34-17-18-35-28/h4-8,10-14,19,27-28H,15-18H2. The van der Waals surface area contributed by atoms with Crippen molar-refractivity contribution >= 4 is 5.69 Å². The van der Waals surface area contributed by atoms with Crippen LogP contribution < -0.4 is 0 Å². The van der Waals surface area contributed by atoms with E-state index >= 15 is 0 Å². The van der Waals surface area contributed by atoms with Gasteiger partial charge in [-0.25, -0.2) is 0 Å². The van der Waals surface area contributed by atoms with Crippen LogP contribution in [0, 0.1) is 33.8 Å². The summed E-state index contributed by atoms with van der Waals surface area (Å²) in [6.07, 6.45) is -0.679. The molecule has 0 spiro atoms. The van der Waals surface area contributed by atoms with Crippen molar-refractivity contribution in [3.63, 3.8) is 0 Å². The van der Waals surface area contributed by atoms with E-state index in [0.29, 0.717) is 37.6 Å². The lowest BCUT2D eigenvalue weighted by Crippen LogP contribution is -1.97. The minimum absolute atomic E-state index is 0.0837. The molecule has 0 radical (unpaired) electrons. The molecule has 0 atom stereocenters. The summed E-state index contributed by atoms with van der Waals surface area (Å²) in [5, 5.41) is 11.7. The van der Waals surface area contributed by atoms with E-state index < -0.39 is 4.92 Å². The molecule has 2 saturated heterocycles. The first-order valence-corrected chi connectivity index (χ1v) is 11.1. The van der Waals surface area contributed by atoms with Crippen LogP contribution >= 0.6 is 0 Å². The van der Waals surface area contributed by atoms with Gasteiger partial charge in [0.1, 0.15) is 5.56 Å². The molecule has 7 heteroatoms. The Morgan fingerprint density at radius 3 is 1.54 bits per heavy atom. The second-order valence-electron chi connectivity index (χ2n) is 7.88. The lowest BCUT2D eigenvalue weighted by molar-refractivity contribution is -0.385. The molecule has 0 saturated carbocycles. The minimum Gasteiger partial charge on any atom is -0.346 e. The van der Waals surface area contributed by atoms with Crippen molar-refractivity contribution < 1.29 is 23.9 Å². The molecule has 5 rings (SSSR count). The highest BCUT2D eigenvalue weighted by atomic mass is 16.7. The predicted octanol–water partition coefficient (Wildman–Crippen LogP) is 4.49. The van der Waals surface area contributed by atoms with Crippen molar-refractivity contribution in [1.82, 2.24) is 0 Å². The third kappa shape index (κ3) is 5.58. The Kier molecular flexibility index (Phi) is 6.85. The maximum absolute atomic E-state index is 11.7. The van der Waals surface area contributed by atoms with Crippen molar-refractivity contribution in [3.8, 4) is 23.7 Å². The van der Waals surface area contributed by atoms with E-state index in [1.807, 2.05) is 48.5 Å². The Balaban J connectivity index is 1.31. The predicted molar refractivity (Wildman–Crippen MR) is 127 cm³/mol. The van der Waals surface area contributed by atoms with Crippen LogP contribution in [0.1, 0.15) is 46.0 Å². The van der Waals surface area contributed by atoms with E-state index in [-0.39, 0.29) is 18.3 Å². The number of nitro benzene ring substituents is 1. The summed E-state index contributed by atoms with van der Waals surface area (Å²) in [4.78, 5) is 11.2. The zero-order chi connectivity index (χ0) is 24.0. The summed E-state index contributed by atoms with van der Waals surface area (Å²) < 4.78 is 21.9. The van der Waals surface area contributed by atoms with Gasteiger partial charge in [-0.15, -0.1) is 0 Å². The quantitative estimate of drug-likeness (QED) is 0.321. The van der Waals surface area contributed by atoms with E-state index in [2.05, 4.69) is 23.7 Å². The summed E-state index contributed by atoms with van der Waals surface area (Å²) in [6.45, 7) is 2.33. The highest BCUT2D eigenvalue weighted by Gasteiger charge is 2.18. The highest BCUT2D eigenvalue weighted by Crippen LogP contribution is 2.24. The van der Waals surface area contributed by atoms with Crippen LogP contribution in [0.5, 0.6) is 0 Å². The Morgan fingerprint density at radius 2 is 1.06 bits per heavy atom. The van der Waals surface area contributed by atoms with Crippen molar-refractivity contribution in [2.75, 3.05) is 26.4 Å². The molecule has 7 nitrogen and oxygen atoms in total. The lowest BCUT2D eigenvalue weighted by Gasteiger charge is -2.08. The smallest absolute Gasteiger partial charge is 0.286 e. The number of benzene rings is 3. The maximum Gasteiger partial charge on any atom is 0.286 e. The van der Waals surface area contributed by atoms with Crippen molar-refractivity contribution in [2.45, 2.75) is 12.6 Å². The highest BCUT2D eigenvalue weighted by molar-refractivity contribution is 5.58. The van der Waals surface area contributed by atoms with Gasteiger partial charge in [-0.2, -0.15) is 0 Å². The monoisotopic (exact) mass is 467 g/mol. The van der Waals surface area contributed by atoms with Crippen LogP contribution in [-0.4, -0.2) is 31.4 Å². The molecule has 0 unspecified atom stereocenters. The number of rotatable bonds is 3. The van der Waals surface area contributed by atoms with Gasteiger partial charge in [-0.05, 0) is 36.4 Å². The van der Waals surface area contributed by atoms with Crippen LogP contribution in [0.2, 0.25) is 0 Å². The van der Waals surface area contributed by atoms with Crippen LogP contribution in [0.25, 0.3) is 0 Å². The second-order valence-corrected chi connectivity index (χ2v) is 7.88. The topological polar surface area (TPSA) is 80.1 Å². The molecule has 174 valence electrons. The molecule has 0 aromatic heterocycles. The molecule has 3 aromatic rings. The van der Waals surface area contributed by atoms with Gasteiger partial charge in [0.2, 0.25) is 0 Å². The fourth-order valence-electron chi connectivity index (χ4n) is 3.70. The third-order valence-corrected chi connectivity index (χ3v) is 5.50. The van der Waals surface area contributed by atoms with Gasteiger partial charge in [0.25, 0.3) is 5.69 Å². The average Bonchev–Trinajstić information content (AvgIpc) is 3.62. The zero-order valence-corrected chi connectivity index (χ0v) is 18.7. The molecule has 2 aliphatic heterocycles. The number of hydrogen-bond acceptors (Lipinski definition) is 6. The van der Waals surface area contributed by atoms with E-state index in [9.17, 15) is 10.1 Å². The molecular weight excluding hydrogens is 446 g/mol. The molecule has 2 fully saturated rings. The summed E-state index contributed by atoms with van der Waals surface area (Å²) >= 11 is 0. The molecule has 0 aliphatic carbocycles. The molecule has 2 aliphatic rings. The van der Waals surface area contributed by atoms with Gasteiger partial charge >= 0.3 is 0 Å². The van der Waals surface area contributed by atoms with Gasteiger partial charge < -0.3 is 18.9 Å². The number of ether oxygens (including phenoxy) is 4. The summed E-state index contributed by atoms with van der Waals surface area (Å²) in [6, 6.07) is 19.8. The molecule has 3 aromatic carbocycles. The largest absolute Gasteiger partial charge is 0.346 e. The van der Waals surface area contributed by atoms with Gasteiger partial charge in [-0.3, -0.25) is 10.1 Å². The minimum atomic E-state index is -0.441. The van der Waals surface area contributed by atoms with Gasteiger partial charge in [0, 0.05) is 33.9 Å². The lowest BCUT2D eigenvalue weighted by atomic mass is 10.1. The van der Waals surface area contributed by atoms with Crippen LogP contribution in [0.4, 0.5) is 5.69 Å². The first-order chi connectivity index (χ1) is 17.2. The Labute approximate surface area is 202 Å². The van der Waals surface area contributed by atoms with E-state index in [0.717, 1.165) is 22.3 Å². The van der Waals surface area contributed by atoms with Gasteiger partial charge in [-0.1, -0.05) is 47.9 Å². The van der Waals surface area contributed by atoms with E-state index in [1.54, 1.807) is 12.1 Å².